The lowest BCUT2D eigenvalue weighted by atomic mass is 10.1. The zero-order chi connectivity index (χ0) is 15.8. The molecule has 7 nitrogen and oxygen atoms in total. The van der Waals surface area contributed by atoms with E-state index in [0.717, 1.165) is 0 Å². The van der Waals surface area contributed by atoms with Gasteiger partial charge in [-0.1, -0.05) is 11.6 Å². The normalized spacial score (nSPS) is 11.5. The van der Waals surface area contributed by atoms with E-state index in [-0.39, 0.29) is 19.4 Å². The average molecular weight is 316 g/mol. The summed E-state index contributed by atoms with van der Waals surface area (Å²) in [7, 11) is 0. The molecule has 0 saturated carbocycles. The van der Waals surface area contributed by atoms with Crippen LogP contribution in [-0.2, 0) is 14.4 Å². The summed E-state index contributed by atoms with van der Waals surface area (Å²) < 4.78 is 5.15. The van der Waals surface area contributed by atoms with Gasteiger partial charge in [0, 0.05) is 11.4 Å². The summed E-state index contributed by atoms with van der Waals surface area (Å²) in [5.74, 6) is -2.67. The molecular weight excluding hydrogens is 302 g/mol. The van der Waals surface area contributed by atoms with Crippen LogP contribution in [0.2, 0.25) is 5.02 Å². The molecule has 1 atom stereocenters. The molecule has 1 aromatic rings. The van der Waals surface area contributed by atoms with Crippen LogP contribution in [0.1, 0.15) is 12.8 Å². The Labute approximate surface area is 125 Å². The molecule has 0 spiro atoms. The van der Waals surface area contributed by atoms with E-state index in [0.29, 0.717) is 10.8 Å². The van der Waals surface area contributed by atoms with E-state index in [1.54, 1.807) is 24.3 Å². The van der Waals surface area contributed by atoms with E-state index >= 15 is 0 Å². The van der Waals surface area contributed by atoms with Gasteiger partial charge in [0.05, 0.1) is 0 Å². The number of hydrogen-bond donors (Lipinski definition) is 3. The number of carboxylic acids is 2. The van der Waals surface area contributed by atoms with E-state index in [4.69, 9.17) is 26.6 Å². The third-order valence-electron chi connectivity index (χ3n) is 2.46. The van der Waals surface area contributed by atoms with Crippen LogP contribution in [-0.4, -0.2) is 40.7 Å². The van der Waals surface area contributed by atoms with Crippen molar-refractivity contribution >= 4 is 29.4 Å². The van der Waals surface area contributed by atoms with E-state index in [2.05, 4.69) is 5.32 Å². The third kappa shape index (κ3) is 6.62. The van der Waals surface area contributed by atoms with E-state index < -0.39 is 23.9 Å². The zero-order valence-corrected chi connectivity index (χ0v) is 11.7. The Bertz CT molecular complexity index is 516. The summed E-state index contributed by atoms with van der Waals surface area (Å²) in [6.07, 6.45) is -0.549. The lowest BCUT2D eigenvalue weighted by Gasteiger charge is -2.13. The molecule has 1 unspecified atom stereocenters. The molecule has 114 valence electrons. The van der Waals surface area contributed by atoms with Gasteiger partial charge < -0.3 is 20.3 Å². The highest BCUT2D eigenvalue weighted by Gasteiger charge is 2.21. The summed E-state index contributed by atoms with van der Waals surface area (Å²) in [6.45, 7) is -0.377. The quantitative estimate of drug-likeness (QED) is 0.663. The Balaban J connectivity index is 2.44. The first-order chi connectivity index (χ1) is 9.88. The van der Waals surface area contributed by atoms with Crippen LogP contribution in [0.3, 0.4) is 0 Å². The maximum Gasteiger partial charge on any atom is 0.326 e. The van der Waals surface area contributed by atoms with Gasteiger partial charge in [-0.2, -0.15) is 0 Å². The molecule has 0 aromatic heterocycles. The average Bonchev–Trinajstić information content (AvgIpc) is 2.42. The predicted molar refractivity (Wildman–Crippen MR) is 73.4 cm³/mol. The number of benzene rings is 1. The first-order valence-electron chi connectivity index (χ1n) is 6.01. The summed E-state index contributed by atoms with van der Waals surface area (Å²) in [4.78, 5) is 32.9. The van der Waals surface area contributed by atoms with Crippen LogP contribution in [0.15, 0.2) is 24.3 Å². The second kappa shape index (κ2) is 8.11. The number of rotatable bonds is 8. The number of carboxylic acid groups (broad SMARTS) is 2. The number of nitrogens with one attached hydrogen (secondary N) is 1. The minimum Gasteiger partial charge on any atom is -0.484 e. The lowest BCUT2D eigenvalue weighted by Crippen LogP contribution is -2.43. The van der Waals surface area contributed by atoms with Gasteiger partial charge >= 0.3 is 11.9 Å². The smallest absolute Gasteiger partial charge is 0.326 e. The van der Waals surface area contributed by atoms with E-state index in [9.17, 15) is 14.4 Å². The number of hydrogen-bond acceptors (Lipinski definition) is 4. The largest absolute Gasteiger partial charge is 0.484 e. The molecule has 1 rings (SSSR count). The maximum atomic E-state index is 11.6. The molecule has 0 saturated heterocycles. The Morgan fingerprint density at radius 2 is 1.81 bits per heavy atom. The lowest BCUT2D eigenvalue weighted by molar-refractivity contribution is -0.143. The van der Waals surface area contributed by atoms with Crippen LogP contribution in [0.5, 0.6) is 5.75 Å². The molecule has 0 radical (unpaired) electrons. The van der Waals surface area contributed by atoms with Crippen LogP contribution in [0, 0.1) is 0 Å². The van der Waals surface area contributed by atoms with Gasteiger partial charge in [0.1, 0.15) is 11.8 Å². The van der Waals surface area contributed by atoms with Gasteiger partial charge in [0.2, 0.25) is 0 Å². The van der Waals surface area contributed by atoms with Gasteiger partial charge in [-0.15, -0.1) is 0 Å². The van der Waals surface area contributed by atoms with Crippen LogP contribution < -0.4 is 10.1 Å². The van der Waals surface area contributed by atoms with Crippen molar-refractivity contribution in [1.82, 2.24) is 5.32 Å². The van der Waals surface area contributed by atoms with Crippen molar-refractivity contribution in [3.63, 3.8) is 0 Å². The molecular formula is C13H14ClNO6. The van der Waals surface area contributed by atoms with Crippen LogP contribution in [0.25, 0.3) is 0 Å². The first kappa shape index (κ1) is 16.8. The monoisotopic (exact) mass is 315 g/mol. The molecule has 21 heavy (non-hydrogen) atoms. The second-order valence-corrected chi connectivity index (χ2v) is 4.57. The highest BCUT2D eigenvalue weighted by atomic mass is 35.5. The van der Waals surface area contributed by atoms with Crippen molar-refractivity contribution in [1.29, 1.82) is 0 Å². The summed E-state index contributed by atoms with van der Waals surface area (Å²) >= 11 is 5.69. The van der Waals surface area contributed by atoms with Crippen molar-refractivity contribution in [2.75, 3.05) is 6.61 Å². The molecule has 0 aliphatic carbocycles. The molecule has 1 amide bonds. The highest BCUT2D eigenvalue weighted by Crippen LogP contribution is 2.15. The Morgan fingerprint density at radius 1 is 1.19 bits per heavy atom. The molecule has 3 N–H and O–H groups in total. The number of aliphatic carboxylic acids is 2. The topological polar surface area (TPSA) is 113 Å². The van der Waals surface area contributed by atoms with Crippen molar-refractivity contribution < 1.29 is 29.3 Å². The van der Waals surface area contributed by atoms with E-state index in [1.807, 2.05) is 0 Å². The van der Waals surface area contributed by atoms with Crippen LogP contribution in [0.4, 0.5) is 0 Å². The molecule has 0 bridgehead atoms. The SMILES string of the molecule is O=C(O)CCC(NC(=O)COc1ccc(Cl)cc1)C(=O)O. The van der Waals surface area contributed by atoms with Crippen LogP contribution >= 0.6 is 11.6 Å². The molecule has 0 heterocycles. The Kier molecular flexibility index (Phi) is 6.48. The Morgan fingerprint density at radius 3 is 2.33 bits per heavy atom. The third-order valence-corrected chi connectivity index (χ3v) is 2.72. The highest BCUT2D eigenvalue weighted by molar-refractivity contribution is 6.30. The standard InChI is InChI=1S/C13H14ClNO6/c14-8-1-3-9(4-2-8)21-7-11(16)15-10(13(19)20)5-6-12(17)18/h1-4,10H,5-7H2,(H,15,16)(H,17,18)(H,19,20). The molecule has 0 aliphatic heterocycles. The fraction of sp³-hybridized carbons (Fsp3) is 0.308. The summed E-state index contributed by atoms with van der Waals surface area (Å²) in [6, 6.07) is 5.04. The van der Waals surface area contributed by atoms with Crippen molar-refractivity contribution in [3.8, 4) is 5.75 Å². The fourth-order valence-corrected chi connectivity index (χ4v) is 1.57. The van der Waals surface area contributed by atoms with Gasteiger partial charge in [-0.3, -0.25) is 9.59 Å². The van der Waals surface area contributed by atoms with Crippen molar-refractivity contribution in [2.24, 2.45) is 0 Å². The molecule has 8 heteroatoms. The van der Waals surface area contributed by atoms with Gasteiger partial charge in [0.15, 0.2) is 6.61 Å². The minimum absolute atomic E-state index is 0.197. The molecule has 1 aromatic carbocycles. The second-order valence-electron chi connectivity index (χ2n) is 4.13. The zero-order valence-electron chi connectivity index (χ0n) is 10.9. The fourth-order valence-electron chi connectivity index (χ4n) is 1.44. The summed E-state index contributed by atoms with van der Waals surface area (Å²) in [5, 5.41) is 20.1. The first-order valence-corrected chi connectivity index (χ1v) is 6.38. The number of amides is 1. The minimum atomic E-state index is -1.30. The molecule has 0 aliphatic rings. The van der Waals surface area contributed by atoms with Gasteiger partial charge in [-0.25, -0.2) is 4.79 Å². The number of halogens is 1. The maximum absolute atomic E-state index is 11.6. The van der Waals surface area contributed by atoms with E-state index in [1.165, 1.54) is 0 Å². The molecule has 0 fully saturated rings. The number of ether oxygens (including phenoxy) is 1. The number of carbonyl (C=O) groups excluding carboxylic acids is 1. The number of carbonyl (C=O) groups is 3. The van der Waals surface area contributed by atoms with Crippen molar-refractivity contribution in [2.45, 2.75) is 18.9 Å². The predicted octanol–water partition coefficient (Wildman–Crippen LogP) is 1.15. The summed E-state index contributed by atoms with van der Waals surface area (Å²) in [5.41, 5.74) is 0. The van der Waals surface area contributed by atoms with Gasteiger partial charge in [-0.05, 0) is 30.7 Å². The Hall–Kier alpha value is -2.28. The van der Waals surface area contributed by atoms with Crippen molar-refractivity contribution in [3.05, 3.63) is 29.3 Å². The van der Waals surface area contributed by atoms with Gasteiger partial charge in [0.25, 0.3) is 5.91 Å².